The summed E-state index contributed by atoms with van der Waals surface area (Å²) in [4.78, 5) is 13.5. The van der Waals surface area contributed by atoms with Crippen LogP contribution in [-0.2, 0) is 0 Å². The average molecular weight is 247 g/mol. The van der Waals surface area contributed by atoms with Crippen molar-refractivity contribution in [2.45, 2.75) is 25.3 Å². The van der Waals surface area contributed by atoms with Crippen LogP contribution in [0.1, 0.15) is 19.3 Å². The maximum Gasteiger partial charge on any atom is 0.134 e. The molecule has 0 unspecified atom stereocenters. The second-order valence-corrected chi connectivity index (χ2v) is 5.32. The van der Waals surface area contributed by atoms with Gasteiger partial charge in [0, 0.05) is 31.7 Å². The lowest BCUT2D eigenvalue weighted by Gasteiger charge is -2.21. The van der Waals surface area contributed by atoms with Gasteiger partial charge in [-0.05, 0) is 32.9 Å². The summed E-state index contributed by atoms with van der Waals surface area (Å²) in [6.45, 7) is 4.42. The quantitative estimate of drug-likeness (QED) is 0.869. The minimum Gasteiger partial charge on any atom is -0.367 e. The molecule has 2 aliphatic rings. The number of likely N-dealkylation sites (N-methyl/N-ethyl adjacent to an activating group) is 1. The molecule has 0 atom stereocenters. The molecule has 1 aromatic heterocycles. The molecule has 5 nitrogen and oxygen atoms in total. The van der Waals surface area contributed by atoms with Gasteiger partial charge in [0.2, 0.25) is 0 Å². The third kappa shape index (κ3) is 2.90. The number of nitrogens with zero attached hydrogens (tertiary/aromatic N) is 4. The van der Waals surface area contributed by atoms with Crippen LogP contribution in [0.4, 0.5) is 11.6 Å². The third-order valence-electron chi connectivity index (χ3n) is 3.63. The molecule has 0 aromatic carbocycles. The highest BCUT2D eigenvalue weighted by Gasteiger charge is 2.22. The lowest BCUT2D eigenvalue weighted by atomic mass is 10.3. The Hall–Kier alpha value is -1.36. The number of hydrogen-bond acceptors (Lipinski definition) is 5. The van der Waals surface area contributed by atoms with Crippen molar-refractivity contribution in [1.82, 2.24) is 14.9 Å². The molecule has 98 valence electrons. The van der Waals surface area contributed by atoms with Crippen molar-refractivity contribution < 1.29 is 0 Å². The van der Waals surface area contributed by atoms with Crippen molar-refractivity contribution in [2.24, 2.45) is 0 Å². The van der Waals surface area contributed by atoms with Crippen LogP contribution in [0.2, 0.25) is 0 Å². The Morgan fingerprint density at radius 3 is 2.89 bits per heavy atom. The summed E-state index contributed by atoms with van der Waals surface area (Å²) in [6, 6.07) is 2.73. The molecule has 18 heavy (non-hydrogen) atoms. The number of hydrogen-bond donors (Lipinski definition) is 1. The maximum atomic E-state index is 4.41. The molecule has 0 radical (unpaired) electrons. The van der Waals surface area contributed by atoms with Gasteiger partial charge in [-0.15, -0.1) is 0 Å². The normalized spacial score (nSPS) is 21.7. The minimum atomic E-state index is 0.642. The fraction of sp³-hybridized carbons (Fsp3) is 0.692. The summed E-state index contributed by atoms with van der Waals surface area (Å²) < 4.78 is 0. The van der Waals surface area contributed by atoms with Crippen LogP contribution in [0.25, 0.3) is 0 Å². The number of nitrogens with one attached hydrogen (secondary N) is 1. The van der Waals surface area contributed by atoms with E-state index >= 15 is 0 Å². The van der Waals surface area contributed by atoms with E-state index < -0.39 is 0 Å². The van der Waals surface area contributed by atoms with E-state index in [1.165, 1.54) is 25.8 Å². The average Bonchev–Trinajstić information content (AvgIpc) is 3.18. The van der Waals surface area contributed by atoms with E-state index in [-0.39, 0.29) is 0 Å². The molecular weight excluding hydrogens is 226 g/mol. The van der Waals surface area contributed by atoms with Gasteiger partial charge in [0.05, 0.1) is 0 Å². The first-order valence-electron chi connectivity index (χ1n) is 6.83. The van der Waals surface area contributed by atoms with E-state index in [2.05, 4.69) is 38.2 Å². The van der Waals surface area contributed by atoms with Crippen LogP contribution < -0.4 is 10.2 Å². The summed E-state index contributed by atoms with van der Waals surface area (Å²) in [5, 5.41) is 3.43. The Morgan fingerprint density at radius 1 is 1.17 bits per heavy atom. The molecule has 2 heterocycles. The van der Waals surface area contributed by atoms with Crippen molar-refractivity contribution in [3.05, 3.63) is 12.4 Å². The van der Waals surface area contributed by atoms with Gasteiger partial charge in [-0.25, -0.2) is 9.97 Å². The van der Waals surface area contributed by atoms with Crippen LogP contribution in [0.15, 0.2) is 12.4 Å². The Labute approximate surface area is 108 Å². The zero-order valence-electron chi connectivity index (χ0n) is 11.0. The Balaban J connectivity index is 1.69. The molecule has 0 spiro atoms. The molecule has 1 N–H and O–H groups in total. The summed E-state index contributed by atoms with van der Waals surface area (Å²) in [5.74, 6) is 2.03. The monoisotopic (exact) mass is 247 g/mol. The molecule has 1 aromatic rings. The fourth-order valence-corrected chi connectivity index (χ4v) is 2.31. The van der Waals surface area contributed by atoms with Crippen molar-refractivity contribution in [2.75, 3.05) is 43.4 Å². The van der Waals surface area contributed by atoms with Gasteiger partial charge >= 0.3 is 0 Å². The summed E-state index contributed by atoms with van der Waals surface area (Å²) in [7, 11) is 2.18. The van der Waals surface area contributed by atoms with Gasteiger partial charge in [-0.1, -0.05) is 0 Å². The predicted octanol–water partition coefficient (Wildman–Crippen LogP) is 1.19. The van der Waals surface area contributed by atoms with Crippen LogP contribution in [0.5, 0.6) is 0 Å². The van der Waals surface area contributed by atoms with E-state index in [0.29, 0.717) is 6.04 Å². The highest BCUT2D eigenvalue weighted by Crippen LogP contribution is 2.25. The Kier molecular flexibility index (Phi) is 3.32. The van der Waals surface area contributed by atoms with Crippen molar-refractivity contribution in [1.29, 1.82) is 0 Å². The van der Waals surface area contributed by atoms with Gasteiger partial charge in [-0.2, -0.15) is 0 Å². The largest absolute Gasteiger partial charge is 0.367 e. The molecule has 1 aliphatic carbocycles. The molecule has 3 rings (SSSR count). The topological polar surface area (TPSA) is 44.3 Å². The van der Waals surface area contributed by atoms with Gasteiger partial charge < -0.3 is 15.1 Å². The Morgan fingerprint density at radius 2 is 2.06 bits per heavy atom. The van der Waals surface area contributed by atoms with Crippen molar-refractivity contribution in [3.8, 4) is 0 Å². The summed E-state index contributed by atoms with van der Waals surface area (Å²) in [5.41, 5.74) is 0. The fourth-order valence-electron chi connectivity index (χ4n) is 2.31. The zero-order chi connectivity index (χ0) is 12.4. The van der Waals surface area contributed by atoms with E-state index in [0.717, 1.165) is 31.3 Å². The number of anilines is 2. The third-order valence-corrected chi connectivity index (χ3v) is 3.63. The molecule has 1 aliphatic heterocycles. The van der Waals surface area contributed by atoms with Crippen molar-refractivity contribution in [3.63, 3.8) is 0 Å². The number of rotatable bonds is 3. The summed E-state index contributed by atoms with van der Waals surface area (Å²) >= 11 is 0. The lowest BCUT2D eigenvalue weighted by molar-refractivity contribution is 0.360. The number of aromatic nitrogens is 2. The highest BCUT2D eigenvalue weighted by molar-refractivity contribution is 5.49. The highest BCUT2D eigenvalue weighted by atomic mass is 15.2. The smallest absolute Gasteiger partial charge is 0.134 e. The first-order chi connectivity index (χ1) is 8.81. The lowest BCUT2D eigenvalue weighted by Crippen LogP contribution is -2.29. The van der Waals surface area contributed by atoms with E-state index in [1.807, 2.05) is 0 Å². The van der Waals surface area contributed by atoms with E-state index in [4.69, 9.17) is 0 Å². The molecule has 1 saturated carbocycles. The van der Waals surface area contributed by atoms with Crippen LogP contribution in [-0.4, -0.2) is 54.1 Å². The van der Waals surface area contributed by atoms with Gasteiger partial charge in [-0.3, -0.25) is 0 Å². The standard InChI is InChI=1S/C13H21N5/c1-17-5-2-6-18(8-7-17)13-9-12(14-10-15-13)16-11-3-4-11/h9-11H,2-8H2,1H3,(H,14,15,16). The molecular formula is C13H21N5. The minimum absolute atomic E-state index is 0.642. The predicted molar refractivity (Wildman–Crippen MR) is 73.0 cm³/mol. The van der Waals surface area contributed by atoms with Gasteiger partial charge in [0.1, 0.15) is 18.0 Å². The van der Waals surface area contributed by atoms with Crippen molar-refractivity contribution >= 4 is 11.6 Å². The second-order valence-electron chi connectivity index (χ2n) is 5.32. The second kappa shape index (κ2) is 5.10. The van der Waals surface area contributed by atoms with Gasteiger partial charge in [0.15, 0.2) is 0 Å². The van der Waals surface area contributed by atoms with Crippen LogP contribution in [0.3, 0.4) is 0 Å². The molecule has 5 heteroatoms. The maximum absolute atomic E-state index is 4.41. The van der Waals surface area contributed by atoms with E-state index in [9.17, 15) is 0 Å². The van der Waals surface area contributed by atoms with Gasteiger partial charge in [0.25, 0.3) is 0 Å². The van der Waals surface area contributed by atoms with Crippen LogP contribution in [0, 0.1) is 0 Å². The zero-order valence-corrected chi connectivity index (χ0v) is 11.0. The first kappa shape index (κ1) is 11.7. The molecule has 1 saturated heterocycles. The molecule has 0 amide bonds. The molecule has 2 fully saturated rings. The molecule has 0 bridgehead atoms. The van der Waals surface area contributed by atoms with E-state index in [1.54, 1.807) is 6.33 Å². The first-order valence-corrected chi connectivity index (χ1v) is 6.83. The Bertz CT molecular complexity index is 404. The SMILES string of the molecule is CN1CCCN(c2cc(NC3CC3)ncn2)CC1. The summed E-state index contributed by atoms with van der Waals surface area (Å²) in [6.07, 6.45) is 5.42. The van der Waals surface area contributed by atoms with Crippen LogP contribution >= 0.6 is 0 Å².